The average molecular weight is 428 g/mol. The first-order valence-corrected chi connectivity index (χ1v) is 10.6. The topological polar surface area (TPSA) is 84.2 Å². The number of nitrogen functional groups attached to an aromatic ring is 1. The van der Waals surface area contributed by atoms with Crippen LogP contribution in [0.4, 0.5) is 5.69 Å². The van der Waals surface area contributed by atoms with E-state index in [0.29, 0.717) is 5.69 Å². The number of rotatable bonds is 3. The second kappa shape index (κ2) is 7.63. The second-order valence-electron chi connectivity index (χ2n) is 7.74. The monoisotopic (exact) mass is 427 g/mol. The van der Waals surface area contributed by atoms with Crippen molar-refractivity contribution in [1.82, 2.24) is 10.6 Å². The lowest BCUT2D eigenvalue weighted by atomic mass is 9.85. The summed E-state index contributed by atoms with van der Waals surface area (Å²) in [5, 5.41) is 9.55. The number of nitrogens with one attached hydrogen (secondary N) is 2. The van der Waals surface area contributed by atoms with E-state index in [1.807, 2.05) is 66.7 Å². The fraction of sp³-hybridized carbons (Fsp3) is 0.120. The summed E-state index contributed by atoms with van der Waals surface area (Å²) in [6, 6.07) is 24.1. The molecule has 0 unspecified atom stereocenters. The van der Waals surface area contributed by atoms with Crippen LogP contribution in [0.25, 0.3) is 32.7 Å². The van der Waals surface area contributed by atoms with Gasteiger partial charge in [-0.25, -0.2) is 0 Å². The Morgan fingerprint density at radius 2 is 1.35 bits per heavy atom. The van der Waals surface area contributed by atoms with Crippen molar-refractivity contribution in [3.8, 4) is 11.1 Å². The summed E-state index contributed by atoms with van der Waals surface area (Å²) in [5.74, 6) is -1.49. The lowest BCUT2D eigenvalue weighted by molar-refractivity contribution is -0.138. The maximum Gasteiger partial charge on any atom is 0.235 e. The third kappa shape index (κ3) is 3.39. The van der Waals surface area contributed by atoms with Gasteiger partial charge in [-0.2, -0.15) is 0 Å². The molecule has 5 rings (SSSR count). The van der Waals surface area contributed by atoms with Gasteiger partial charge >= 0.3 is 0 Å². The molecule has 0 saturated carbocycles. The minimum atomic E-state index is -0.843. The summed E-state index contributed by atoms with van der Waals surface area (Å²) >= 11 is 4.16. The van der Waals surface area contributed by atoms with E-state index in [2.05, 4.69) is 29.3 Å². The number of hydrogen-bond donors (Lipinski definition) is 4. The molecule has 1 heterocycles. The Bertz CT molecular complexity index is 1330. The van der Waals surface area contributed by atoms with Crippen LogP contribution in [-0.4, -0.2) is 17.3 Å². The fourth-order valence-corrected chi connectivity index (χ4v) is 4.65. The highest BCUT2D eigenvalue weighted by atomic mass is 32.1. The number of amides is 2. The Morgan fingerprint density at radius 1 is 0.774 bits per heavy atom. The standard InChI is InChI=1S/C25H21N3O2S/c26-21-12-10-15-6-2-4-8-17(15)22(21)18-11-9-14-5-1-3-7-16(14)19(18)13-20-23(29)27-25(31)28-24(20)30/h1-12,20,25,31H,13,26H2,(H,27,29)(H,28,30). The first-order chi connectivity index (χ1) is 15.0. The predicted octanol–water partition coefficient (Wildman–Crippen LogP) is 3.86. The number of thiol groups is 1. The SMILES string of the molecule is Nc1ccc2ccccc2c1-c1ccc2ccccc2c1CC1C(=O)NC(S)NC1=O. The van der Waals surface area contributed by atoms with Gasteiger partial charge in [0, 0.05) is 11.3 Å². The van der Waals surface area contributed by atoms with Crippen molar-refractivity contribution in [3.63, 3.8) is 0 Å². The molecule has 0 bridgehead atoms. The Labute approximate surface area is 185 Å². The summed E-state index contributed by atoms with van der Waals surface area (Å²) in [6.07, 6.45) is 0.261. The Hall–Kier alpha value is -3.51. The van der Waals surface area contributed by atoms with Crippen LogP contribution < -0.4 is 16.4 Å². The fourth-order valence-electron chi connectivity index (χ4n) is 4.39. The van der Waals surface area contributed by atoms with Crippen molar-refractivity contribution in [3.05, 3.63) is 78.4 Å². The van der Waals surface area contributed by atoms with Gasteiger partial charge in [0.25, 0.3) is 0 Å². The molecule has 154 valence electrons. The highest BCUT2D eigenvalue weighted by Crippen LogP contribution is 2.39. The predicted molar refractivity (Wildman–Crippen MR) is 128 cm³/mol. The lowest BCUT2D eigenvalue weighted by Gasteiger charge is -2.28. The van der Waals surface area contributed by atoms with Gasteiger partial charge in [-0.05, 0) is 45.2 Å². The number of fused-ring (bicyclic) bond motifs is 2. The average Bonchev–Trinajstić information content (AvgIpc) is 2.76. The Morgan fingerprint density at radius 3 is 2.06 bits per heavy atom. The van der Waals surface area contributed by atoms with Gasteiger partial charge in [0.15, 0.2) is 0 Å². The molecule has 0 aromatic heterocycles. The van der Waals surface area contributed by atoms with Crippen molar-refractivity contribution in [2.75, 3.05) is 5.73 Å². The molecule has 6 heteroatoms. The van der Waals surface area contributed by atoms with E-state index in [1.54, 1.807) is 0 Å². The molecule has 4 aromatic rings. The number of carbonyl (C=O) groups excluding carboxylic acids is 2. The van der Waals surface area contributed by atoms with Crippen LogP contribution in [0.5, 0.6) is 0 Å². The molecule has 31 heavy (non-hydrogen) atoms. The molecule has 0 spiro atoms. The van der Waals surface area contributed by atoms with Gasteiger partial charge in [-0.15, -0.1) is 12.6 Å². The van der Waals surface area contributed by atoms with Gasteiger partial charge in [0.05, 0.1) is 0 Å². The van der Waals surface area contributed by atoms with E-state index in [0.717, 1.165) is 38.2 Å². The third-order valence-corrected chi connectivity index (χ3v) is 6.13. The summed E-state index contributed by atoms with van der Waals surface area (Å²) < 4.78 is 0. The van der Waals surface area contributed by atoms with Gasteiger partial charge in [-0.1, -0.05) is 66.7 Å². The van der Waals surface area contributed by atoms with Crippen LogP contribution in [0, 0.1) is 5.92 Å². The quantitative estimate of drug-likeness (QED) is 0.228. The first kappa shape index (κ1) is 19.5. The molecule has 0 atom stereocenters. The molecule has 1 aliphatic rings. The molecule has 1 fully saturated rings. The number of hydrogen-bond acceptors (Lipinski definition) is 4. The van der Waals surface area contributed by atoms with E-state index in [1.165, 1.54) is 0 Å². The minimum Gasteiger partial charge on any atom is -0.398 e. The summed E-state index contributed by atoms with van der Waals surface area (Å²) in [5.41, 5.74) is 9.23. The molecule has 0 aliphatic carbocycles. The summed E-state index contributed by atoms with van der Waals surface area (Å²) in [7, 11) is 0. The minimum absolute atomic E-state index is 0.261. The zero-order valence-electron chi connectivity index (χ0n) is 16.6. The summed E-state index contributed by atoms with van der Waals surface area (Å²) in [4.78, 5) is 25.3. The molecule has 4 aromatic carbocycles. The number of nitrogens with two attached hydrogens (primary N) is 1. The van der Waals surface area contributed by atoms with Gasteiger partial charge in [0.1, 0.15) is 11.4 Å². The summed E-state index contributed by atoms with van der Waals surface area (Å²) in [6.45, 7) is 0. The van der Waals surface area contributed by atoms with Crippen LogP contribution in [0.15, 0.2) is 72.8 Å². The van der Waals surface area contributed by atoms with Gasteiger partial charge in [0.2, 0.25) is 11.8 Å². The van der Waals surface area contributed by atoms with E-state index in [9.17, 15) is 9.59 Å². The highest BCUT2D eigenvalue weighted by Gasteiger charge is 2.34. The number of carbonyl (C=O) groups is 2. The lowest BCUT2D eigenvalue weighted by Crippen LogP contribution is -2.57. The Balaban J connectivity index is 1.75. The second-order valence-corrected chi connectivity index (χ2v) is 8.26. The van der Waals surface area contributed by atoms with E-state index in [4.69, 9.17) is 5.73 Å². The number of anilines is 1. The third-order valence-electron chi connectivity index (χ3n) is 5.87. The molecule has 0 radical (unpaired) electrons. The van der Waals surface area contributed by atoms with E-state index >= 15 is 0 Å². The highest BCUT2D eigenvalue weighted by molar-refractivity contribution is 7.80. The first-order valence-electron chi connectivity index (χ1n) is 10.1. The molecule has 1 saturated heterocycles. The molecule has 5 nitrogen and oxygen atoms in total. The van der Waals surface area contributed by atoms with Crippen LogP contribution in [0.2, 0.25) is 0 Å². The molecule has 1 aliphatic heterocycles. The zero-order chi connectivity index (χ0) is 21.5. The van der Waals surface area contributed by atoms with Crippen molar-refractivity contribution in [2.24, 2.45) is 5.92 Å². The zero-order valence-corrected chi connectivity index (χ0v) is 17.5. The Kier molecular flexibility index (Phi) is 4.79. The molecular formula is C25H21N3O2S. The smallest absolute Gasteiger partial charge is 0.235 e. The van der Waals surface area contributed by atoms with Gasteiger partial charge < -0.3 is 16.4 Å². The van der Waals surface area contributed by atoms with Crippen molar-refractivity contribution < 1.29 is 9.59 Å². The molecular weight excluding hydrogens is 406 g/mol. The van der Waals surface area contributed by atoms with E-state index in [-0.39, 0.29) is 18.2 Å². The maximum atomic E-state index is 12.6. The largest absolute Gasteiger partial charge is 0.398 e. The van der Waals surface area contributed by atoms with Gasteiger partial charge in [-0.3, -0.25) is 9.59 Å². The van der Waals surface area contributed by atoms with Crippen LogP contribution in [0.1, 0.15) is 5.56 Å². The normalized spacial score (nSPS) is 18.7. The van der Waals surface area contributed by atoms with Crippen molar-refractivity contribution in [1.29, 1.82) is 0 Å². The van der Waals surface area contributed by atoms with Crippen LogP contribution >= 0.6 is 12.6 Å². The maximum absolute atomic E-state index is 12.6. The molecule has 2 amide bonds. The number of benzene rings is 4. The van der Waals surface area contributed by atoms with Crippen molar-refractivity contribution >= 4 is 51.7 Å². The molecule has 4 N–H and O–H groups in total. The van der Waals surface area contributed by atoms with E-state index < -0.39 is 11.4 Å². The van der Waals surface area contributed by atoms with Crippen molar-refractivity contribution in [2.45, 2.75) is 11.9 Å². The van der Waals surface area contributed by atoms with Crippen LogP contribution in [0.3, 0.4) is 0 Å². The van der Waals surface area contributed by atoms with Crippen LogP contribution in [-0.2, 0) is 16.0 Å².